The summed E-state index contributed by atoms with van der Waals surface area (Å²) < 4.78 is 2.87. The van der Waals surface area contributed by atoms with Crippen molar-refractivity contribution in [3.8, 4) is 22.4 Å². The van der Waals surface area contributed by atoms with Gasteiger partial charge < -0.3 is 5.73 Å². The van der Waals surface area contributed by atoms with Crippen LogP contribution >= 0.6 is 22.6 Å². The van der Waals surface area contributed by atoms with Crippen molar-refractivity contribution in [3.63, 3.8) is 0 Å². The van der Waals surface area contributed by atoms with Gasteiger partial charge in [-0.1, -0.05) is 18.2 Å². The van der Waals surface area contributed by atoms with Crippen LogP contribution in [0.15, 0.2) is 48.8 Å². The highest BCUT2D eigenvalue weighted by Gasteiger charge is 2.17. The van der Waals surface area contributed by atoms with Gasteiger partial charge in [-0.2, -0.15) is 5.10 Å². The van der Waals surface area contributed by atoms with Gasteiger partial charge in [-0.3, -0.25) is 9.67 Å². The van der Waals surface area contributed by atoms with E-state index in [0.29, 0.717) is 5.82 Å². The Morgan fingerprint density at radius 3 is 2.65 bits per heavy atom. The van der Waals surface area contributed by atoms with Gasteiger partial charge >= 0.3 is 0 Å². The van der Waals surface area contributed by atoms with Gasteiger partial charge in [-0.25, -0.2) is 0 Å². The third-order valence-electron chi connectivity index (χ3n) is 3.14. The molecule has 1 aromatic carbocycles. The second-order valence-electron chi connectivity index (χ2n) is 4.48. The molecule has 20 heavy (non-hydrogen) atoms. The molecule has 5 heteroatoms. The van der Waals surface area contributed by atoms with Crippen LogP contribution < -0.4 is 5.73 Å². The molecule has 0 atom stereocenters. The molecule has 100 valence electrons. The van der Waals surface area contributed by atoms with Crippen LogP contribution in [0.25, 0.3) is 22.4 Å². The number of nitrogens with two attached hydrogens (primary N) is 1. The molecule has 0 radical (unpaired) electrons. The summed E-state index contributed by atoms with van der Waals surface area (Å²) in [6.45, 7) is 0. The Balaban J connectivity index is 2.25. The number of hydrogen-bond acceptors (Lipinski definition) is 3. The Morgan fingerprint density at radius 1 is 1.15 bits per heavy atom. The Hall–Kier alpha value is -1.89. The number of halogens is 1. The fourth-order valence-corrected chi connectivity index (χ4v) is 2.71. The first kappa shape index (κ1) is 13.1. The van der Waals surface area contributed by atoms with E-state index < -0.39 is 0 Å². The number of aryl methyl sites for hydroxylation is 1. The topological polar surface area (TPSA) is 56.7 Å². The fraction of sp³-hybridized carbons (Fsp3) is 0.0667. The minimum Gasteiger partial charge on any atom is -0.383 e. The highest BCUT2D eigenvalue weighted by molar-refractivity contribution is 14.1. The van der Waals surface area contributed by atoms with E-state index in [1.54, 1.807) is 10.9 Å². The standard InChI is InChI=1S/C15H13IN4/c1-20-15(17)13(11-5-3-7-18-9-11)14(19-20)10-4-2-6-12(16)8-10/h2-9H,17H2,1H3. The molecule has 0 bridgehead atoms. The number of benzene rings is 1. The maximum absolute atomic E-state index is 6.18. The third kappa shape index (κ3) is 2.29. The first-order chi connectivity index (χ1) is 9.66. The van der Waals surface area contributed by atoms with Gasteiger partial charge in [0.15, 0.2) is 0 Å². The van der Waals surface area contributed by atoms with Crippen molar-refractivity contribution in [2.24, 2.45) is 7.05 Å². The van der Waals surface area contributed by atoms with Crippen LogP contribution in [0.5, 0.6) is 0 Å². The molecular weight excluding hydrogens is 363 g/mol. The smallest absolute Gasteiger partial charge is 0.129 e. The molecule has 0 saturated heterocycles. The largest absolute Gasteiger partial charge is 0.383 e. The molecule has 4 nitrogen and oxygen atoms in total. The molecule has 3 rings (SSSR count). The minimum absolute atomic E-state index is 0.645. The molecule has 0 amide bonds. The number of pyridine rings is 1. The van der Waals surface area contributed by atoms with Crippen molar-refractivity contribution in [3.05, 3.63) is 52.4 Å². The van der Waals surface area contributed by atoms with Gasteiger partial charge in [0.25, 0.3) is 0 Å². The molecule has 0 saturated carbocycles. The predicted molar refractivity (Wildman–Crippen MR) is 89.0 cm³/mol. The Kier molecular flexibility index (Phi) is 3.43. The van der Waals surface area contributed by atoms with Crippen LogP contribution in [0, 0.1) is 3.57 Å². The second-order valence-corrected chi connectivity index (χ2v) is 5.73. The van der Waals surface area contributed by atoms with Crippen LogP contribution in [-0.2, 0) is 7.05 Å². The summed E-state index contributed by atoms with van der Waals surface area (Å²) in [4.78, 5) is 4.17. The number of rotatable bonds is 2. The van der Waals surface area contributed by atoms with E-state index in [1.807, 2.05) is 37.5 Å². The van der Waals surface area contributed by atoms with E-state index in [4.69, 9.17) is 5.73 Å². The first-order valence-electron chi connectivity index (χ1n) is 6.15. The van der Waals surface area contributed by atoms with Crippen LogP contribution in [0.4, 0.5) is 5.82 Å². The molecule has 2 aromatic heterocycles. The van der Waals surface area contributed by atoms with E-state index in [9.17, 15) is 0 Å². The molecule has 3 aromatic rings. The van der Waals surface area contributed by atoms with Gasteiger partial charge in [0.1, 0.15) is 11.5 Å². The second kappa shape index (κ2) is 5.24. The molecule has 2 heterocycles. The Morgan fingerprint density at radius 2 is 1.95 bits per heavy atom. The monoisotopic (exact) mass is 376 g/mol. The van der Waals surface area contributed by atoms with Crippen molar-refractivity contribution in [1.29, 1.82) is 0 Å². The summed E-state index contributed by atoms with van der Waals surface area (Å²) in [5.74, 6) is 0.645. The van der Waals surface area contributed by atoms with E-state index >= 15 is 0 Å². The molecule has 0 aliphatic heterocycles. The number of hydrogen-bond donors (Lipinski definition) is 1. The zero-order valence-corrected chi connectivity index (χ0v) is 13.1. The Labute approximate surface area is 130 Å². The minimum atomic E-state index is 0.645. The maximum Gasteiger partial charge on any atom is 0.129 e. The van der Waals surface area contributed by atoms with Crippen molar-refractivity contribution >= 4 is 28.4 Å². The third-order valence-corrected chi connectivity index (χ3v) is 3.81. The lowest BCUT2D eigenvalue weighted by Crippen LogP contribution is -1.98. The fourth-order valence-electron chi connectivity index (χ4n) is 2.17. The highest BCUT2D eigenvalue weighted by Crippen LogP contribution is 2.35. The lowest BCUT2D eigenvalue weighted by Gasteiger charge is -2.04. The molecule has 0 aliphatic rings. The van der Waals surface area contributed by atoms with Gasteiger partial charge in [-0.15, -0.1) is 0 Å². The van der Waals surface area contributed by atoms with Gasteiger partial charge in [0, 0.05) is 34.1 Å². The Bertz CT molecular complexity index is 750. The molecule has 0 unspecified atom stereocenters. The van der Waals surface area contributed by atoms with Gasteiger partial charge in [-0.05, 0) is 40.8 Å². The number of nitrogens with zero attached hydrogens (tertiary/aromatic N) is 3. The number of aromatic nitrogens is 3. The zero-order valence-electron chi connectivity index (χ0n) is 10.9. The van der Waals surface area contributed by atoms with E-state index in [2.05, 4.69) is 44.8 Å². The number of nitrogen functional groups attached to an aromatic ring is 1. The van der Waals surface area contributed by atoms with Crippen molar-refractivity contribution in [1.82, 2.24) is 14.8 Å². The summed E-state index contributed by atoms with van der Waals surface area (Å²) in [7, 11) is 1.85. The quantitative estimate of drug-likeness (QED) is 0.698. The molecule has 0 spiro atoms. The van der Waals surface area contributed by atoms with E-state index in [0.717, 1.165) is 22.4 Å². The highest BCUT2D eigenvalue weighted by atomic mass is 127. The first-order valence-corrected chi connectivity index (χ1v) is 7.23. The SMILES string of the molecule is Cn1nc(-c2cccc(I)c2)c(-c2cccnc2)c1N. The van der Waals surface area contributed by atoms with E-state index in [-0.39, 0.29) is 0 Å². The van der Waals surface area contributed by atoms with Crippen LogP contribution in [0.1, 0.15) is 0 Å². The summed E-state index contributed by atoms with van der Waals surface area (Å²) in [6, 6.07) is 12.1. The van der Waals surface area contributed by atoms with Gasteiger partial charge in [0.05, 0.1) is 5.56 Å². The van der Waals surface area contributed by atoms with Crippen LogP contribution in [0.3, 0.4) is 0 Å². The molecule has 0 fully saturated rings. The normalized spacial score (nSPS) is 10.7. The zero-order chi connectivity index (χ0) is 14.1. The van der Waals surface area contributed by atoms with Crippen molar-refractivity contribution < 1.29 is 0 Å². The summed E-state index contributed by atoms with van der Waals surface area (Å²) in [5.41, 5.74) is 10.0. The molecule has 2 N–H and O–H groups in total. The van der Waals surface area contributed by atoms with Crippen molar-refractivity contribution in [2.45, 2.75) is 0 Å². The van der Waals surface area contributed by atoms with Crippen LogP contribution in [-0.4, -0.2) is 14.8 Å². The molecular formula is C15H13IN4. The molecule has 0 aliphatic carbocycles. The average molecular weight is 376 g/mol. The van der Waals surface area contributed by atoms with E-state index in [1.165, 1.54) is 3.57 Å². The van der Waals surface area contributed by atoms with Crippen LogP contribution in [0.2, 0.25) is 0 Å². The van der Waals surface area contributed by atoms with Gasteiger partial charge in [0.2, 0.25) is 0 Å². The summed E-state index contributed by atoms with van der Waals surface area (Å²) >= 11 is 2.30. The lowest BCUT2D eigenvalue weighted by molar-refractivity contribution is 0.782. The summed E-state index contributed by atoms with van der Waals surface area (Å²) in [5, 5.41) is 4.56. The average Bonchev–Trinajstić information content (AvgIpc) is 2.76. The maximum atomic E-state index is 6.18. The van der Waals surface area contributed by atoms with Crippen molar-refractivity contribution in [2.75, 3.05) is 5.73 Å². The number of anilines is 1. The lowest BCUT2D eigenvalue weighted by atomic mass is 10.0. The summed E-state index contributed by atoms with van der Waals surface area (Å²) in [6.07, 6.45) is 3.56. The predicted octanol–water partition coefficient (Wildman–Crippen LogP) is 3.34.